The molecule has 0 radical (unpaired) electrons. The lowest BCUT2D eigenvalue weighted by atomic mass is 10.4. The highest BCUT2D eigenvalue weighted by Gasteiger charge is 2.36. The minimum absolute atomic E-state index is 0.251. The van der Waals surface area contributed by atoms with Gasteiger partial charge in [-0.1, -0.05) is 11.6 Å². The molecule has 0 spiro atoms. The van der Waals surface area contributed by atoms with Gasteiger partial charge >= 0.3 is 6.18 Å². The van der Waals surface area contributed by atoms with Crippen LogP contribution in [0.5, 0.6) is 0 Å². The summed E-state index contributed by atoms with van der Waals surface area (Å²) in [6.07, 6.45) is -4.45. The molecule has 2 N–H and O–H groups in total. The zero-order valence-electron chi connectivity index (χ0n) is 4.94. The van der Waals surface area contributed by atoms with Gasteiger partial charge in [0.05, 0.1) is 0 Å². The van der Waals surface area contributed by atoms with E-state index >= 15 is 0 Å². The summed E-state index contributed by atoms with van der Waals surface area (Å²) >= 11 is 5.45. The fraction of sp³-hybridized carbons (Fsp3) is 0.250. The zero-order valence-corrected chi connectivity index (χ0v) is 6.52. The second-order valence-electron chi connectivity index (χ2n) is 1.71. The van der Waals surface area contributed by atoms with Gasteiger partial charge in [-0.15, -0.1) is 0 Å². The van der Waals surface area contributed by atoms with Crippen LogP contribution >= 0.6 is 23.1 Å². The van der Waals surface area contributed by atoms with Gasteiger partial charge in [-0.3, -0.25) is 0 Å². The monoisotopic (exact) mass is 202 g/mol. The number of alkyl halides is 3. The van der Waals surface area contributed by atoms with Gasteiger partial charge in [0, 0.05) is 0 Å². The number of aromatic nitrogens is 1. The summed E-state index contributed by atoms with van der Waals surface area (Å²) in [6, 6.07) is 0. The van der Waals surface area contributed by atoms with Crippen molar-refractivity contribution in [1.29, 1.82) is 0 Å². The van der Waals surface area contributed by atoms with Crippen molar-refractivity contribution in [3.63, 3.8) is 0 Å². The molecule has 0 unspecified atom stereocenters. The van der Waals surface area contributed by atoms with Crippen LogP contribution in [0.15, 0.2) is 0 Å². The third-order valence-corrected chi connectivity index (χ3v) is 2.32. The highest BCUT2D eigenvalue weighted by Crippen LogP contribution is 2.39. The van der Waals surface area contributed by atoms with E-state index in [1.165, 1.54) is 0 Å². The highest BCUT2D eigenvalue weighted by molar-refractivity contribution is 7.07. The minimum atomic E-state index is -4.45. The summed E-state index contributed by atoms with van der Waals surface area (Å²) in [7, 11) is 0. The average molecular weight is 203 g/mol. The molecule has 2 nitrogen and oxygen atoms in total. The third kappa shape index (κ3) is 1.57. The molecule has 0 saturated carbocycles. The SMILES string of the molecule is Nc1nsc(C(F)(F)F)c1Cl. The topological polar surface area (TPSA) is 38.9 Å². The fourth-order valence-electron chi connectivity index (χ4n) is 0.467. The predicted molar refractivity (Wildman–Crippen MR) is 36.5 cm³/mol. The molecule has 0 bridgehead atoms. The Balaban J connectivity index is 3.15. The van der Waals surface area contributed by atoms with Gasteiger partial charge in [0.25, 0.3) is 0 Å². The van der Waals surface area contributed by atoms with Gasteiger partial charge in [0.2, 0.25) is 0 Å². The number of nitrogens with two attached hydrogens (primary N) is 1. The summed E-state index contributed by atoms with van der Waals surface area (Å²) in [5.74, 6) is -0.274. The number of halogens is 4. The highest BCUT2D eigenvalue weighted by atomic mass is 35.5. The van der Waals surface area contributed by atoms with Crippen molar-refractivity contribution in [3.8, 4) is 0 Å². The molecule has 0 saturated heterocycles. The lowest BCUT2D eigenvalue weighted by molar-refractivity contribution is -0.134. The van der Waals surface area contributed by atoms with E-state index in [0.717, 1.165) is 0 Å². The molecule has 11 heavy (non-hydrogen) atoms. The van der Waals surface area contributed by atoms with E-state index in [9.17, 15) is 13.2 Å². The second-order valence-corrected chi connectivity index (χ2v) is 2.86. The van der Waals surface area contributed by atoms with Gasteiger partial charge in [-0.05, 0) is 11.5 Å². The van der Waals surface area contributed by atoms with Gasteiger partial charge in [0.15, 0.2) is 5.82 Å². The van der Waals surface area contributed by atoms with Crippen LogP contribution < -0.4 is 5.73 Å². The number of hydrogen-bond acceptors (Lipinski definition) is 3. The van der Waals surface area contributed by atoms with Crippen LogP contribution in [-0.4, -0.2) is 4.37 Å². The standard InChI is InChI=1S/C4H2ClF3N2S/c5-1-2(4(6,7)8)11-10-3(1)9/h(H2,9,10). The van der Waals surface area contributed by atoms with Crippen LogP contribution in [-0.2, 0) is 6.18 Å². The molecule has 0 aliphatic heterocycles. The van der Waals surface area contributed by atoms with E-state index in [0.29, 0.717) is 0 Å². The quantitative estimate of drug-likeness (QED) is 0.702. The summed E-state index contributed by atoms with van der Waals surface area (Å²) in [5.41, 5.74) is 5.00. The molecular formula is C4H2ClF3N2S. The maximum absolute atomic E-state index is 11.9. The van der Waals surface area contributed by atoms with E-state index in [2.05, 4.69) is 4.37 Å². The Morgan fingerprint density at radius 2 is 2.00 bits per heavy atom. The van der Waals surface area contributed by atoms with Crippen LogP contribution in [0.2, 0.25) is 5.02 Å². The van der Waals surface area contributed by atoms with Crippen LogP contribution in [0.1, 0.15) is 4.88 Å². The van der Waals surface area contributed by atoms with Crippen LogP contribution in [0.3, 0.4) is 0 Å². The fourth-order valence-corrected chi connectivity index (χ4v) is 1.34. The minimum Gasteiger partial charge on any atom is -0.382 e. The van der Waals surface area contributed by atoms with Crippen molar-refractivity contribution in [2.24, 2.45) is 0 Å². The van der Waals surface area contributed by atoms with E-state index in [4.69, 9.17) is 17.3 Å². The Bertz CT molecular complexity index is 269. The van der Waals surface area contributed by atoms with Crippen molar-refractivity contribution in [2.75, 3.05) is 5.73 Å². The molecule has 1 aromatic rings. The molecule has 0 fully saturated rings. The molecular weight excluding hydrogens is 201 g/mol. The first kappa shape index (κ1) is 8.61. The Hall–Kier alpha value is -0.490. The molecule has 7 heteroatoms. The Kier molecular flexibility index (Phi) is 1.98. The predicted octanol–water partition coefficient (Wildman–Crippen LogP) is 2.40. The molecule has 0 atom stereocenters. The van der Waals surface area contributed by atoms with Gasteiger partial charge in [-0.25, -0.2) is 0 Å². The Morgan fingerprint density at radius 1 is 1.45 bits per heavy atom. The van der Waals surface area contributed by atoms with Gasteiger partial charge in [0.1, 0.15) is 9.90 Å². The number of nitrogens with zero attached hydrogens (tertiary/aromatic N) is 1. The summed E-state index contributed by atoms with van der Waals surface area (Å²) < 4.78 is 38.9. The van der Waals surface area contributed by atoms with Crippen molar-refractivity contribution in [2.45, 2.75) is 6.18 Å². The van der Waals surface area contributed by atoms with Gasteiger partial charge < -0.3 is 5.73 Å². The van der Waals surface area contributed by atoms with Crippen LogP contribution in [0, 0.1) is 0 Å². The van der Waals surface area contributed by atoms with Crippen molar-refractivity contribution in [3.05, 3.63) is 9.90 Å². The lowest BCUT2D eigenvalue weighted by Gasteiger charge is -2.00. The normalized spacial score (nSPS) is 12.0. The van der Waals surface area contributed by atoms with E-state index in [1.807, 2.05) is 0 Å². The molecule has 1 rings (SSSR count). The first-order valence-corrected chi connectivity index (χ1v) is 3.56. The molecule has 0 amide bonds. The first-order valence-electron chi connectivity index (χ1n) is 2.40. The van der Waals surface area contributed by atoms with Crippen molar-refractivity contribution >= 4 is 29.0 Å². The maximum Gasteiger partial charge on any atom is 0.428 e. The van der Waals surface area contributed by atoms with Gasteiger partial charge in [-0.2, -0.15) is 17.5 Å². The number of hydrogen-bond donors (Lipinski definition) is 1. The van der Waals surface area contributed by atoms with Crippen LogP contribution in [0.25, 0.3) is 0 Å². The zero-order chi connectivity index (χ0) is 8.65. The molecule has 0 aliphatic carbocycles. The van der Waals surface area contributed by atoms with E-state index in [-0.39, 0.29) is 17.4 Å². The second kappa shape index (κ2) is 2.53. The third-order valence-electron chi connectivity index (χ3n) is 0.917. The molecule has 1 aromatic heterocycles. The smallest absolute Gasteiger partial charge is 0.382 e. The first-order chi connectivity index (χ1) is 4.93. The molecule has 1 heterocycles. The summed E-state index contributed by atoms with van der Waals surface area (Å²) in [6.45, 7) is 0. The molecule has 62 valence electrons. The van der Waals surface area contributed by atoms with E-state index in [1.54, 1.807) is 0 Å². The largest absolute Gasteiger partial charge is 0.428 e. The Morgan fingerprint density at radius 3 is 2.18 bits per heavy atom. The van der Waals surface area contributed by atoms with Crippen molar-refractivity contribution in [1.82, 2.24) is 4.37 Å². The Labute approximate surface area is 68.9 Å². The summed E-state index contributed by atoms with van der Waals surface area (Å²) in [4.78, 5) is -0.948. The van der Waals surface area contributed by atoms with E-state index < -0.39 is 16.1 Å². The number of rotatable bonds is 0. The number of anilines is 1. The molecule has 0 aliphatic rings. The lowest BCUT2D eigenvalue weighted by Crippen LogP contribution is -2.02. The maximum atomic E-state index is 11.9. The summed E-state index contributed by atoms with van der Waals surface area (Å²) in [5, 5.41) is -0.512. The van der Waals surface area contributed by atoms with Crippen molar-refractivity contribution < 1.29 is 13.2 Å². The average Bonchev–Trinajstić information content (AvgIpc) is 2.11. The number of nitrogen functional groups attached to an aromatic ring is 1. The molecule has 0 aromatic carbocycles. The van der Waals surface area contributed by atoms with Crippen LogP contribution in [0.4, 0.5) is 19.0 Å².